The third-order valence-electron chi connectivity index (χ3n) is 4.87. The molecule has 3 aromatic rings. The summed E-state index contributed by atoms with van der Waals surface area (Å²) < 4.78 is 6.96. The van der Waals surface area contributed by atoms with Crippen molar-refractivity contribution in [3.63, 3.8) is 0 Å². The van der Waals surface area contributed by atoms with E-state index in [0.717, 1.165) is 16.7 Å². The van der Waals surface area contributed by atoms with Gasteiger partial charge in [-0.15, -0.1) is 0 Å². The van der Waals surface area contributed by atoms with E-state index in [1.54, 1.807) is 18.5 Å². The topological polar surface area (TPSA) is 73.2 Å². The number of hydrogen-bond donors (Lipinski definition) is 1. The molecule has 0 fully saturated rings. The van der Waals surface area contributed by atoms with Crippen LogP contribution in [0, 0.1) is 27.7 Å². The molecule has 0 spiro atoms. The molecule has 1 aromatic heterocycles. The third kappa shape index (κ3) is 4.89. The minimum atomic E-state index is -0.577. The molecule has 30 heavy (non-hydrogen) atoms. The summed E-state index contributed by atoms with van der Waals surface area (Å²) in [5.41, 5.74) is 5.14. The van der Waals surface area contributed by atoms with Gasteiger partial charge < -0.3 is 10.1 Å². The van der Waals surface area contributed by atoms with Crippen LogP contribution < -0.4 is 5.32 Å². The van der Waals surface area contributed by atoms with Crippen molar-refractivity contribution >= 4 is 29.2 Å². The molecule has 6 nitrogen and oxygen atoms in total. The Hall–Kier alpha value is -3.12. The van der Waals surface area contributed by atoms with E-state index in [0.29, 0.717) is 34.2 Å². The van der Waals surface area contributed by atoms with E-state index in [2.05, 4.69) is 10.4 Å². The van der Waals surface area contributed by atoms with Gasteiger partial charge in [-0.1, -0.05) is 41.9 Å². The smallest absolute Gasteiger partial charge is 0.342 e. The standard InChI is InChI=1S/C23H24ClN3O3/c1-14-9-10-15(2)20(11-14)25-21(28)13-30-23(29)22-16(3)26-27(17(22)4)12-18-7-5-6-8-19(18)24/h5-11H,12-13H2,1-4H3,(H,25,28). The average molecular weight is 426 g/mol. The Morgan fingerprint density at radius 3 is 2.57 bits per heavy atom. The van der Waals surface area contributed by atoms with Crippen LogP contribution >= 0.6 is 11.6 Å². The number of carbonyl (C=O) groups excluding carboxylic acids is 2. The van der Waals surface area contributed by atoms with Gasteiger partial charge in [0.2, 0.25) is 0 Å². The normalized spacial score (nSPS) is 10.7. The first-order valence-corrected chi connectivity index (χ1v) is 9.95. The van der Waals surface area contributed by atoms with Crippen molar-refractivity contribution < 1.29 is 14.3 Å². The fourth-order valence-electron chi connectivity index (χ4n) is 3.19. The summed E-state index contributed by atoms with van der Waals surface area (Å²) in [7, 11) is 0. The van der Waals surface area contributed by atoms with Crippen molar-refractivity contribution in [3.8, 4) is 0 Å². The predicted octanol–water partition coefficient (Wildman–Crippen LogP) is 4.61. The Morgan fingerprint density at radius 2 is 1.83 bits per heavy atom. The zero-order valence-corrected chi connectivity index (χ0v) is 18.2. The number of nitrogens with one attached hydrogen (secondary N) is 1. The molecule has 0 bridgehead atoms. The number of rotatable bonds is 6. The van der Waals surface area contributed by atoms with Crippen LogP contribution in [0.5, 0.6) is 0 Å². The molecule has 3 rings (SSSR count). The third-order valence-corrected chi connectivity index (χ3v) is 5.23. The molecule has 0 aliphatic heterocycles. The van der Waals surface area contributed by atoms with Crippen molar-refractivity contribution in [1.29, 1.82) is 0 Å². The number of amides is 1. The lowest BCUT2D eigenvalue weighted by molar-refractivity contribution is -0.119. The van der Waals surface area contributed by atoms with Crippen LogP contribution in [0.15, 0.2) is 42.5 Å². The van der Waals surface area contributed by atoms with Crippen molar-refractivity contribution in [2.24, 2.45) is 0 Å². The van der Waals surface area contributed by atoms with Crippen LogP contribution in [-0.4, -0.2) is 28.3 Å². The second-order valence-corrected chi connectivity index (χ2v) is 7.64. The van der Waals surface area contributed by atoms with Gasteiger partial charge in [0, 0.05) is 10.7 Å². The SMILES string of the molecule is Cc1ccc(C)c(NC(=O)COC(=O)c2c(C)nn(Cc3ccccc3Cl)c2C)c1. The average Bonchev–Trinajstić information content (AvgIpc) is 2.98. The number of nitrogens with zero attached hydrogens (tertiary/aromatic N) is 2. The summed E-state index contributed by atoms with van der Waals surface area (Å²) in [6.45, 7) is 7.45. The van der Waals surface area contributed by atoms with Gasteiger partial charge in [-0.2, -0.15) is 5.10 Å². The fraction of sp³-hybridized carbons (Fsp3) is 0.261. The number of aromatic nitrogens is 2. The zero-order chi connectivity index (χ0) is 21.8. The number of anilines is 1. The minimum Gasteiger partial charge on any atom is -0.452 e. The van der Waals surface area contributed by atoms with E-state index in [9.17, 15) is 9.59 Å². The number of aryl methyl sites for hydroxylation is 3. The zero-order valence-electron chi connectivity index (χ0n) is 17.5. The van der Waals surface area contributed by atoms with Gasteiger partial charge >= 0.3 is 5.97 Å². The molecule has 0 aliphatic rings. The Bertz CT molecular complexity index is 1110. The summed E-state index contributed by atoms with van der Waals surface area (Å²) in [6, 6.07) is 13.3. The molecule has 0 atom stereocenters. The van der Waals surface area contributed by atoms with Crippen molar-refractivity contribution in [1.82, 2.24) is 9.78 Å². The van der Waals surface area contributed by atoms with Crippen molar-refractivity contribution in [2.45, 2.75) is 34.2 Å². The van der Waals surface area contributed by atoms with Crippen LogP contribution in [0.25, 0.3) is 0 Å². The van der Waals surface area contributed by atoms with Crippen molar-refractivity contribution in [3.05, 3.63) is 81.1 Å². The fourth-order valence-corrected chi connectivity index (χ4v) is 3.39. The molecule has 0 radical (unpaired) electrons. The van der Waals surface area contributed by atoms with Gasteiger partial charge in [0.1, 0.15) is 5.56 Å². The molecule has 0 aliphatic carbocycles. The maximum absolute atomic E-state index is 12.6. The summed E-state index contributed by atoms with van der Waals surface area (Å²) in [4.78, 5) is 24.9. The van der Waals surface area contributed by atoms with E-state index < -0.39 is 11.9 Å². The highest BCUT2D eigenvalue weighted by Crippen LogP contribution is 2.20. The number of halogens is 1. The maximum atomic E-state index is 12.6. The van der Waals surface area contributed by atoms with E-state index in [4.69, 9.17) is 16.3 Å². The lowest BCUT2D eigenvalue weighted by Gasteiger charge is -2.10. The molecular formula is C23H24ClN3O3. The highest BCUT2D eigenvalue weighted by molar-refractivity contribution is 6.31. The Labute approximate surface area is 180 Å². The molecule has 1 N–H and O–H groups in total. The second-order valence-electron chi connectivity index (χ2n) is 7.24. The van der Waals surface area contributed by atoms with E-state index >= 15 is 0 Å². The number of benzene rings is 2. The highest BCUT2D eigenvalue weighted by atomic mass is 35.5. The van der Waals surface area contributed by atoms with E-state index in [-0.39, 0.29) is 6.61 Å². The van der Waals surface area contributed by atoms with Gasteiger partial charge in [-0.25, -0.2) is 4.79 Å². The second kappa shape index (κ2) is 9.13. The Morgan fingerprint density at radius 1 is 1.10 bits per heavy atom. The number of esters is 1. The molecule has 156 valence electrons. The van der Waals surface area contributed by atoms with Gasteiger partial charge in [0.15, 0.2) is 6.61 Å². The number of hydrogen-bond acceptors (Lipinski definition) is 4. The van der Waals surface area contributed by atoms with Gasteiger partial charge in [0.05, 0.1) is 17.9 Å². The van der Waals surface area contributed by atoms with Crippen LogP contribution in [0.2, 0.25) is 5.02 Å². The van der Waals surface area contributed by atoms with Gasteiger partial charge in [0.25, 0.3) is 5.91 Å². The molecule has 0 saturated carbocycles. The summed E-state index contributed by atoms with van der Waals surface area (Å²) >= 11 is 6.23. The number of carbonyl (C=O) groups is 2. The first kappa shape index (κ1) is 21.6. The largest absolute Gasteiger partial charge is 0.452 e. The lowest BCUT2D eigenvalue weighted by Crippen LogP contribution is -2.22. The summed E-state index contributed by atoms with van der Waals surface area (Å²) in [6.07, 6.45) is 0. The molecule has 7 heteroatoms. The Kier molecular flexibility index (Phi) is 6.57. The van der Waals surface area contributed by atoms with Crippen LogP contribution in [0.4, 0.5) is 5.69 Å². The molecular weight excluding hydrogens is 402 g/mol. The molecule has 0 saturated heterocycles. The monoisotopic (exact) mass is 425 g/mol. The Balaban J connectivity index is 1.67. The summed E-state index contributed by atoms with van der Waals surface area (Å²) in [5, 5.41) is 7.86. The predicted molar refractivity (Wildman–Crippen MR) is 117 cm³/mol. The van der Waals surface area contributed by atoms with E-state index in [1.165, 1.54) is 0 Å². The van der Waals surface area contributed by atoms with E-state index in [1.807, 2.05) is 56.3 Å². The van der Waals surface area contributed by atoms with Crippen LogP contribution in [0.1, 0.15) is 38.4 Å². The molecule has 2 aromatic carbocycles. The number of ether oxygens (including phenoxy) is 1. The molecule has 1 heterocycles. The van der Waals surface area contributed by atoms with Gasteiger partial charge in [-0.3, -0.25) is 9.48 Å². The quantitative estimate of drug-likeness (QED) is 0.585. The van der Waals surface area contributed by atoms with Crippen LogP contribution in [-0.2, 0) is 16.1 Å². The van der Waals surface area contributed by atoms with Crippen molar-refractivity contribution in [2.75, 3.05) is 11.9 Å². The maximum Gasteiger partial charge on any atom is 0.342 e. The first-order chi connectivity index (χ1) is 14.3. The van der Waals surface area contributed by atoms with Gasteiger partial charge in [-0.05, 0) is 56.5 Å². The minimum absolute atomic E-state index is 0.363. The lowest BCUT2D eigenvalue weighted by atomic mass is 10.1. The highest BCUT2D eigenvalue weighted by Gasteiger charge is 2.21. The summed E-state index contributed by atoms with van der Waals surface area (Å²) in [5.74, 6) is -0.970. The first-order valence-electron chi connectivity index (χ1n) is 9.58. The van der Waals surface area contributed by atoms with Crippen LogP contribution in [0.3, 0.4) is 0 Å². The molecule has 0 unspecified atom stereocenters. The molecule has 1 amide bonds.